The Morgan fingerprint density at radius 2 is 1.76 bits per heavy atom. The van der Waals surface area contributed by atoms with Gasteiger partial charge in [0, 0.05) is 13.3 Å². The van der Waals surface area contributed by atoms with E-state index in [2.05, 4.69) is 10.6 Å². The van der Waals surface area contributed by atoms with Gasteiger partial charge in [-0.2, -0.15) is 0 Å². The van der Waals surface area contributed by atoms with Crippen molar-refractivity contribution in [2.24, 2.45) is 0 Å². The highest BCUT2D eigenvalue weighted by molar-refractivity contribution is 5.90. The summed E-state index contributed by atoms with van der Waals surface area (Å²) in [7, 11) is 0. The lowest BCUT2D eigenvalue weighted by molar-refractivity contribution is -0.142. The van der Waals surface area contributed by atoms with Crippen LogP contribution in [-0.4, -0.2) is 35.0 Å². The van der Waals surface area contributed by atoms with Crippen molar-refractivity contribution in [2.45, 2.75) is 31.8 Å². The molecule has 0 radical (unpaired) electrons. The van der Waals surface area contributed by atoms with Crippen molar-refractivity contribution in [3.63, 3.8) is 0 Å². The van der Waals surface area contributed by atoms with Crippen LogP contribution in [0.1, 0.15) is 24.5 Å². The number of hydrogen-bond donors (Lipinski definition) is 3. The number of rotatable bonds is 9. The molecule has 0 bridgehead atoms. The Kier molecular flexibility index (Phi) is 8.09. The molecule has 0 aliphatic carbocycles. The Morgan fingerprint density at radius 1 is 1.03 bits per heavy atom. The van der Waals surface area contributed by atoms with Crippen molar-refractivity contribution in [3.8, 4) is 0 Å². The molecule has 0 saturated carbocycles. The molecule has 0 aromatic heterocycles. The van der Waals surface area contributed by atoms with Crippen molar-refractivity contribution in [2.75, 3.05) is 0 Å². The van der Waals surface area contributed by atoms with Crippen molar-refractivity contribution in [1.29, 1.82) is 0 Å². The van der Waals surface area contributed by atoms with Crippen LogP contribution in [0, 0.1) is 5.82 Å². The number of carbonyl (C=O) groups excluding carboxylic acids is 2. The third-order valence-electron chi connectivity index (χ3n) is 4.12. The quantitative estimate of drug-likeness (QED) is 0.605. The Balaban J connectivity index is 2.06. The summed E-state index contributed by atoms with van der Waals surface area (Å²) in [6.07, 6.45) is 3.53. The Morgan fingerprint density at radius 3 is 2.38 bits per heavy atom. The second kappa shape index (κ2) is 10.8. The molecular formula is C22H23FN2O4. The third kappa shape index (κ3) is 7.57. The summed E-state index contributed by atoms with van der Waals surface area (Å²) in [5.74, 6) is -2.75. The van der Waals surface area contributed by atoms with Gasteiger partial charge in [0.25, 0.3) is 0 Å². The number of carboxylic acid groups (broad SMARTS) is 1. The summed E-state index contributed by atoms with van der Waals surface area (Å²) >= 11 is 0. The first kappa shape index (κ1) is 21.8. The summed E-state index contributed by atoms with van der Waals surface area (Å²) in [5, 5.41) is 14.4. The minimum Gasteiger partial charge on any atom is -0.480 e. The highest BCUT2D eigenvalue weighted by atomic mass is 19.1. The lowest BCUT2D eigenvalue weighted by Gasteiger charge is -2.20. The molecule has 0 aliphatic heterocycles. The van der Waals surface area contributed by atoms with E-state index in [1.807, 2.05) is 30.3 Å². The van der Waals surface area contributed by atoms with Gasteiger partial charge in [-0.05, 0) is 29.7 Å². The monoisotopic (exact) mass is 398 g/mol. The molecule has 0 saturated heterocycles. The standard InChI is InChI=1S/C22H23FN2O4/c1-15(26)24-20(14-17-10-5-11-18(23)13-17)21(27)25-19(22(28)29)12-6-9-16-7-3-2-4-8-16/h2-11,13,19-20H,12,14H2,1H3,(H,24,26)(H,25,27)(H,28,29)/b9-6+/t19-,20+/m0/s1. The van der Waals surface area contributed by atoms with Gasteiger partial charge < -0.3 is 15.7 Å². The second-order valence-corrected chi connectivity index (χ2v) is 6.54. The predicted octanol–water partition coefficient (Wildman–Crippen LogP) is 2.55. The number of amides is 2. The van der Waals surface area contributed by atoms with E-state index >= 15 is 0 Å². The van der Waals surface area contributed by atoms with Crippen LogP contribution in [0.2, 0.25) is 0 Å². The van der Waals surface area contributed by atoms with Gasteiger partial charge in [-0.3, -0.25) is 9.59 Å². The molecule has 2 rings (SSSR count). The van der Waals surface area contributed by atoms with Crippen molar-refractivity contribution >= 4 is 23.9 Å². The lowest BCUT2D eigenvalue weighted by Crippen LogP contribution is -2.52. The van der Waals surface area contributed by atoms with Gasteiger partial charge in [0.1, 0.15) is 17.9 Å². The van der Waals surface area contributed by atoms with Gasteiger partial charge >= 0.3 is 5.97 Å². The number of carboxylic acids is 1. The van der Waals surface area contributed by atoms with Crippen LogP contribution in [0.5, 0.6) is 0 Å². The molecule has 2 amide bonds. The number of halogens is 1. The molecule has 0 fully saturated rings. The Labute approximate surface area is 168 Å². The maximum Gasteiger partial charge on any atom is 0.326 e. The van der Waals surface area contributed by atoms with E-state index in [1.165, 1.54) is 25.1 Å². The largest absolute Gasteiger partial charge is 0.480 e. The van der Waals surface area contributed by atoms with Crippen molar-refractivity contribution in [1.82, 2.24) is 10.6 Å². The zero-order valence-corrected chi connectivity index (χ0v) is 16.0. The molecule has 0 unspecified atom stereocenters. The maximum absolute atomic E-state index is 13.4. The van der Waals surface area contributed by atoms with Crippen LogP contribution in [0.25, 0.3) is 6.08 Å². The van der Waals surface area contributed by atoms with Crippen LogP contribution in [-0.2, 0) is 20.8 Å². The molecule has 3 N–H and O–H groups in total. The van der Waals surface area contributed by atoms with Crippen molar-refractivity contribution < 1.29 is 23.9 Å². The number of carbonyl (C=O) groups is 3. The van der Waals surface area contributed by atoms with Gasteiger partial charge in [-0.15, -0.1) is 0 Å². The number of aliphatic carboxylic acids is 1. The summed E-state index contributed by atoms with van der Waals surface area (Å²) in [4.78, 5) is 35.6. The van der Waals surface area contributed by atoms with Crippen LogP contribution in [0.15, 0.2) is 60.7 Å². The number of benzene rings is 2. The molecule has 152 valence electrons. The van der Waals surface area contributed by atoms with E-state index < -0.39 is 35.7 Å². The number of nitrogens with one attached hydrogen (secondary N) is 2. The van der Waals surface area contributed by atoms with Crippen molar-refractivity contribution in [3.05, 3.63) is 77.6 Å². The van der Waals surface area contributed by atoms with E-state index in [4.69, 9.17) is 0 Å². The third-order valence-corrected chi connectivity index (χ3v) is 4.12. The predicted molar refractivity (Wildman–Crippen MR) is 107 cm³/mol. The van der Waals surface area contributed by atoms with E-state index in [0.29, 0.717) is 5.56 Å². The fourth-order valence-electron chi connectivity index (χ4n) is 2.75. The van der Waals surface area contributed by atoms with E-state index in [0.717, 1.165) is 5.56 Å². The Hall–Kier alpha value is -3.48. The molecule has 2 aromatic rings. The van der Waals surface area contributed by atoms with Gasteiger partial charge in [-0.1, -0.05) is 54.6 Å². The van der Waals surface area contributed by atoms with Gasteiger partial charge in [-0.25, -0.2) is 9.18 Å². The molecule has 2 atom stereocenters. The molecule has 6 nitrogen and oxygen atoms in total. The molecule has 0 heterocycles. The Bertz CT molecular complexity index is 883. The zero-order chi connectivity index (χ0) is 21.2. The molecule has 0 spiro atoms. The minimum absolute atomic E-state index is 0.0371. The normalized spacial score (nSPS) is 12.9. The van der Waals surface area contributed by atoms with Gasteiger partial charge in [0.2, 0.25) is 11.8 Å². The second-order valence-electron chi connectivity index (χ2n) is 6.54. The summed E-state index contributed by atoms with van der Waals surface area (Å²) in [6.45, 7) is 1.25. The van der Waals surface area contributed by atoms with E-state index in [-0.39, 0.29) is 12.8 Å². The summed E-state index contributed by atoms with van der Waals surface area (Å²) in [5.41, 5.74) is 1.42. The fraction of sp³-hybridized carbons (Fsp3) is 0.227. The van der Waals surface area contributed by atoms with Crippen LogP contribution in [0.3, 0.4) is 0 Å². The molecule has 2 aromatic carbocycles. The molecular weight excluding hydrogens is 375 g/mol. The molecule has 29 heavy (non-hydrogen) atoms. The average Bonchev–Trinajstić information content (AvgIpc) is 2.67. The van der Waals surface area contributed by atoms with Crippen LogP contribution < -0.4 is 10.6 Å². The van der Waals surface area contributed by atoms with Gasteiger partial charge in [0.15, 0.2) is 0 Å². The van der Waals surface area contributed by atoms with E-state index in [1.54, 1.807) is 18.2 Å². The maximum atomic E-state index is 13.4. The topological polar surface area (TPSA) is 95.5 Å². The SMILES string of the molecule is CC(=O)N[C@H](Cc1cccc(F)c1)C(=O)N[C@@H](C/C=C/c1ccccc1)C(=O)O. The van der Waals surface area contributed by atoms with Crippen LogP contribution >= 0.6 is 0 Å². The molecule has 7 heteroatoms. The average molecular weight is 398 g/mol. The van der Waals surface area contributed by atoms with Gasteiger partial charge in [0.05, 0.1) is 0 Å². The first-order valence-corrected chi connectivity index (χ1v) is 9.11. The lowest BCUT2D eigenvalue weighted by atomic mass is 10.0. The fourth-order valence-corrected chi connectivity index (χ4v) is 2.75. The zero-order valence-electron chi connectivity index (χ0n) is 16.0. The smallest absolute Gasteiger partial charge is 0.326 e. The number of hydrogen-bond acceptors (Lipinski definition) is 3. The highest BCUT2D eigenvalue weighted by Gasteiger charge is 2.25. The summed E-state index contributed by atoms with van der Waals surface area (Å²) < 4.78 is 13.4. The summed E-state index contributed by atoms with van der Waals surface area (Å²) in [6, 6.07) is 12.8. The first-order valence-electron chi connectivity index (χ1n) is 9.11. The minimum atomic E-state index is -1.19. The van der Waals surface area contributed by atoms with Crippen LogP contribution in [0.4, 0.5) is 4.39 Å². The molecule has 0 aliphatic rings. The van der Waals surface area contributed by atoms with E-state index in [9.17, 15) is 23.9 Å². The first-order chi connectivity index (χ1) is 13.8. The highest BCUT2D eigenvalue weighted by Crippen LogP contribution is 2.08.